The van der Waals surface area contributed by atoms with Crippen LogP contribution in [-0.2, 0) is 0 Å². The van der Waals surface area contributed by atoms with Crippen LogP contribution in [0.15, 0.2) is 29.2 Å². The van der Waals surface area contributed by atoms with Gasteiger partial charge in [-0.15, -0.1) is 11.8 Å². The van der Waals surface area contributed by atoms with Gasteiger partial charge in [0.15, 0.2) is 0 Å². The van der Waals surface area contributed by atoms with Crippen LogP contribution < -0.4 is 5.73 Å². The van der Waals surface area contributed by atoms with Crippen LogP contribution in [0, 0.1) is 0 Å². The molecule has 0 fully saturated rings. The van der Waals surface area contributed by atoms with E-state index < -0.39 is 5.60 Å². The molecule has 0 aliphatic rings. The van der Waals surface area contributed by atoms with E-state index in [1.54, 1.807) is 11.8 Å². The maximum atomic E-state index is 10.1. The summed E-state index contributed by atoms with van der Waals surface area (Å²) in [5, 5.41) is 10.1. The molecule has 0 spiro atoms. The standard InChI is InChI=1S/C12H19NOS/c1-3-12(14,4-2)9-15-11-7-5-10(13)6-8-11/h5-8,14H,3-4,9,13H2,1-2H3. The molecule has 0 aliphatic heterocycles. The van der Waals surface area contributed by atoms with Crippen molar-refractivity contribution < 1.29 is 5.11 Å². The normalized spacial score (nSPS) is 11.7. The second kappa shape index (κ2) is 5.42. The highest BCUT2D eigenvalue weighted by atomic mass is 32.2. The number of hydrogen-bond acceptors (Lipinski definition) is 3. The summed E-state index contributed by atoms with van der Waals surface area (Å²) in [6.45, 7) is 4.04. The zero-order valence-electron chi connectivity index (χ0n) is 9.36. The van der Waals surface area contributed by atoms with Crippen molar-refractivity contribution in [1.29, 1.82) is 0 Å². The third-order valence-corrected chi connectivity index (χ3v) is 3.99. The molecule has 0 unspecified atom stereocenters. The molecule has 0 aromatic heterocycles. The summed E-state index contributed by atoms with van der Waals surface area (Å²) in [6, 6.07) is 7.76. The quantitative estimate of drug-likeness (QED) is 0.598. The molecule has 0 aliphatic carbocycles. The molecule has 84 valence electrons. The summed E-state index contributed by atoms with van der Waals surface area (Å²) in [5.74, 6) is 0.740. The summed E-state index contributed by atoms with van der Waals surface area (Å²) in [5.41, 5.74) is 5.84. The number of anilines is 1. The Kier molecular flexibility index (Phi) is 4.48. The molecule has 0 amide bonds. The maximum absolute atomic E-state index is 10.1. The minimum Gasteiger partial charge on any atom is -0.399 e. The molecule has 0 heterocycles. The number of hydrogen-bond donors (Lipinski definition) is 2. The van der Waals surface area contributed by atoms with Gasteiger partial charge in [-0.25, -0.2) is 0 Å². The van der Waals surface area contributed by atoms with Crippen LogP contribution in [0.1, 0.15) is 26.7 Å². The fraction of sp³-hybridized carbons (Fsp3) is 0.500. The lowest BCUT2D eigenvalue weighted by atomic mass is 10.0. The molecule has 0 atom stereocenters. The monoisotopic (exact) mass is 225 g/mol. The van der Waals surface area contributed by atoms with E-state index >= 15 is 0 Å². The van der Waals surface area contributed by atoms with Gasteiger partial charge in [0.25, 0.3) is 0 Å². The Hall–Kier alpha value is -0.670. The van der Waals surface area contributed by atoms with Gasteiger partial charge in [-0.05, 0) is 37.1 Å². The van der Waals surface area contributed by atoms with Gasteiger partial charge in [0.2, 0.25) is 0 Å². The zero-order chi connectivity index (χ0) is 11.3. The number of rotatable bonds is 5. The maximum Gasteiger partial charge on any atom is 0.0736 e. The predicted molar refractivity (Wildman–Crippen MR) is 67.1 cm³/mol. The molecule has 15 heavy (non-hydrogen) atoms. The Labute approximate surface area is 95.9 Å². The first-order chi connectivity index (χ1) is 7.09. The van der Waals surface area contributed by atoms with Crippen LogP contribution in [0.4, 0.5) is 5.69 Å². The highest BCUT2D eigenvalue weighted by molar-refractivity contribution is 7.99. The van der Waals surface area contributed by atoms with Gasteiger partial charge < -0.3 is 10.8 Å². The fourth-order valence-electron chi connectivity index (χ4n) is 1.24. The first-order valence-electron chi connectivity index (χ1n) is 5.30. The van der Waals surface area contributed by atoms with E-state index in [2.05, 4.69) is 0 Å². The highest BCUT2D eigenvalue weighted by Gasteiger charge is 2.21. The van der Waals surface area contributed by atoms with Crippen LogP contribution in [-0.4, -0.2) is 16.5 Å². The lowest BCUT2D eigenvalue weighted by Crippen LogP contribution is -2.29. The van der Waals surface area contributed by atoms with E-state index in [0.29, 0.717) is 0 Å². The first kappa shape index (κ1) is 12.4. The first-order valence-corrected chi connectivity index (χ1v) is 6.29. The molecule has 1 aromatic carbocycles. The molecule has 0 saturated heterocycles. The Morgan fingerprint density at radius 1 is 1.20 bits per heavy atom. The van der Waals surface area contributed by atoms with E-state index in [9.17, 15) is 5.11 Å². The smallest absolute Gasteiger partial charge is 0.0736 e. The van der Waals surface area contributed by atoms with Crippen molar-refractivity contribution >= 4 is 17.4 Å². The summed E-state index contributed by atoms with van der Waals surface area (Å²) in [4.78, 5) is 1.16. The van der Waals surface area contributed by atoms with Gasteiger partial charge >= 0.3 is 0 Å². The SMILES string of the molecule is CCC(O)(CC)CSc1ccc(N)cc1. The Bertz CT molecular complexity index is 293. The van der Waals surface area contributed by atoms with E-state index in [-0.39, 0.29) is 0 Å². The lowest BCUT2D eigenvalue weighted by molar-refractivity contribution is 0.0572. The van der Waals surface area contributed by atoms with Gasteiger partial charge in [0.05, 0.1) is 5.60 Å². The third kappa shape index (κ3) is 3.76. The van der Waals surface area contributed by atoms with Gasteiger partial charge in [0.1, 0.15) is 0 Å². The van der Waals surface area contributed by atoms with Crippen LogP contribution >= 0.6 is 11.8 Å². The predicted octanol–water partition coefficient (Wildman–Crippen LogP) is 2.91. The molecule has 3 heteroatoms. The van der Waals surface area contributed by atoms with E-state index in [1.165, 1.54) is 0 Å². The van der Waals surface area contributed by atoms with Crippen LogP contribution in [0.25, 0.3) is 0 Å². The van der Waals surface area contributed by atoms with E-state index in [4.69, 9.17) is 5.73 Å². The second-order valence-electron chi connectivity index (χ2n) is 3.79. The van der Waals surface area contributed by atoms with Crippen LogP contribution in [0.5, 0.6) is 0 Å². The number of nitrogen functional groups attached to an aromatic ring is 1. The summed E-state index contributed by atoms with van der Waals surface area (Å²) < 4.78 is 0. The number of thioether (sulfide) groups is 1. The van der Waals surface area contributed by atoms with E-state index in [1.807, 2.05) is 38.1 Å². The largest absolute Gasteiger partial charge is 0.399 e. The van der Waals surface area contributed by atoms with Gasteiger partial charge in [-0.3, -0.25) is 0 Å². The van der Waals surface area contributed by atoms with Crippen molar-refractivity contribution in [1.82, 2.24) is 0 Å². The van der Waals surface area contributed by atoms with Crippen LogP contribution in [0.3, 0.4) is 0 Å². The Morgan fingerprint density at radius 2 is 1.73 bits per heavy atom. The number of aliphatic hydroxyl groups is 1. The molecule has 3 N–H and O–H groups in total. The average Bonchev–Trinajstić information content (AvgIpc) is 2.28. The van der Waals surface area contributed by atoms with Crippen LogP contribution in [0.2, 0.25) is 0 Å². The van der Waals surface area contributed by atoms with E-state index in [0.717, 1.165) is 29.2 Å². The molecular weight excluding hydrogens is 206 g/mol. The minimum atomic E-state index is -0.536. The highest BCUT2D eigenvalue weighted by Crippen LogP contribution is 2.27. The van der Waals surface area contributed by atoms with Crippen molar-refractivity contribution in [2.24, 2.45) is 0 Å². The Balaban J connectivity index is 2.53. The van der Waals surface area contributed by atoms with Gasteiger partial charge in [-0.1, -0.05) is 13.8 Å². The van der Waals surface area contributed by atoms with Crippen molar-refractivity contribution in [2.45, 2.75) is 37.2 Å². The van der Waals surface area contributed by atoms with Gasteiger partial charge in [-0.2, -0.15) is 0 Å². The molecule has 0 radical (unpaired) electrons. The molecule has 2 nitrogen and oxygen atoms in total. The minimum absolute atomic E-state index is 0.536. The van der Waals surface area contributed by atoms with Crippen molar-refractivity contribution in [3.05, 3.63) is 24.3 Å². The molecule has 0 bridgehead atoms. The second-order valence-corrected chi connectivity index (χ2v) is 4.84. The van der Waals surface area contributed by atoms with Crippen molar-refractivity contribution in [2.75, 3.05) is 11.5 Å². The summed E-state index contributed by atoms with van der Waals surface area (Å²) in [6.07, 6.45) is 1.59. The van der Waals surface area contributed by atoms with Gasteiger partial charge in [0, 0.05) is 16.3 Å². The average molecular weight is 225 g/mol. The Morgan fingerprint density at radius 3 is 2.20 bits per heavy atom. The number of nitrogens with two attached hydrogens (primary N) is 1. The van der Waals surface area contributed by atoms with Crippen molar-refractivity contribution in [3.63, 3.8) is 0 Å². The number of benzene rings is 1. The topological polar surface area (TPSA) is 46.2 Å². The summed E-state index contributed by atoms with van der Waals surface area (Å²) in [7, 11) is 0. The molecule has 0 saturated carbocycles. The van der Waals surface area contributed by atoms with Crippen molar-refractivity contribution in [3.8, 4) is 0 Å². The zero-order valence-corrected chi connectivity index (χ0v) is 10.2. The summed E-state index contributed by atoms with van der Waals surface area (Å²) >= 11 is 1.68. The molecule has 1 rings (SSSR count). The lowest BCUT2D eigenvalue weighted by Gasteiger charge is -2.24. The fourth-order valence-corrected chi connectivity index (χ4v) is 2.41. The third-order valence-electron chi connectivity index (χ3n) is 2.70. The molecular formula is C12H19NOS. The molecule has 1 aromatic rings.